The SMILES string of the molecule is C=CC(=C)Oc1cccc(OC(=C)C=C)c1. The minimum absolute atomic E-state index is 0.486. The van der Waals surface area contributed by atoms with E-state index in [0.29, 0.717) is 23.0 Å². The Kier molecular flexibility index (Phi) is 4.16. The van der Waals surface area contributed by atoms with Crippen LogP contribution in [0.3, 0.4) is 0 Å². The van der Waals surface area contributed by atoms with Gasteiger partial charge < -0.3 is 9.47 Å². The molecule has 0 amide bonds. The smallest absolute Gasteiger partial charge is 0.131 e. The maximum Gasteiger partial charge on any atom is 0.131 e. The molecule has 0 saturated carbocycles. The lowest BCUT2D eigenvalue weighted by Gasteiger charge is -2.08. The first-order valence-corrected chi connectivity index (χ1v) is 4.74. The summed E-state index contributed by atoms with van der Waals surface area (Å²) in [7, 11) is 0. The second kappa shape index (κ2) is 5.61. The van der Waals surface area contributed by atoms with Gasteiger partial charge in [-0.3, -0.25) is 0 Å². The van der Waals surface area contributed by atoms with Crippen LogP contribution in [0.25, 0.3) is 0 Å². The van der Waals surface area contributed by atoms with E-state index >= 15 is 0 Å². The van der Waals surface area contributed by atoms with Crippen molar-refractivity contribution in [2.24, 2.45) is 0 Å². The Balaban J connectivity index is 2.78. The average molecular weight is 214 g/mol. The molecule has 0 spiro atoms. The van der Waals surface area contributed by atoms with E-state index in [2.05, 4.69) is 26.3 Å². The van der Waals surface area contributed by atoms with Gasteiger partial charge >= 0.3 is 0 Å². The summed E-state index contributed by atoms with van der Waals surface area (Å²) in [5.74, 6) is 2.25. The van der Waals surface area contributed by atoms with Crippen molar-refractivity contribution in [1.29, 1.82) is 0 Å². The average Bonchev–Trinajstić information content (AvgIpc) is 2.29. The summed E-state index contributed by atoms with van der Waals surface area (Å²) in [6, 6.07) is 7.16. The maximum atomic E-state index is 5.37. The van der Waals surface area contributed by atoms with Crippen LogP contribution in [0.2, 0.25) is 0 Å². The van der Waals surface area contributed by atoms with Crippen molar-refractivity contribution in [2.45, 2.75) is 0 Å². The van der Waals surface area contributed by atoms with Gasteiger partial charge in [-0.25, -0.2) is 0 Å². The Hall–Kier alpha value is -2.22. The van der Waals surface area contributed by atoms with Crippen LogP contribution in [-0.2, 0) is 0 Å². The van der Waals surface area contributed by atoms with Crippen LogP contribution >= 0.6 is 0 Å². The van der Waals surface area contributed by atoms with Gasteiger partial charge in [0, 0.05) is 6.07 Å². The normalized spacial score (nSPS) is 9.00. The molecule has 82 valence electrons. The third kappa shape index (κ3) is 3.50. The van der Waals surface area contributed by atoms with E-state index in [4.69, 9.17) is 9.47 Å². The first-order chi connectivity index (χ1) is 7.65. The Labute approximate surface area is 95.8 Å². The van der Waals surface area contributed by atoms with Crippen molar-refractivity contribution in [1.82, 2.24) is 0 Å². The Morgan fingerprint density at radius 1 is 0.938 bits per heavy atom. The molecule has 0 aliphatic rings. The number of hydrogen-bond acceptors (Lipinski definition) is 2. The molecule has 0 bridgehead atoms. The van der Waals surface area contributed by atoms with Gasteiger partial charge in [-0.15, -0.1) is 0 Å². The molecule has 0 heterocycles. The molecule has 0 atom stereocenters. The van der Waals surface area contributed by atoms with Crippen LogP contribution in [0, 0.1) is 0 Å². The lowest BCUT2D eigenvalue weighted by atomic mass is 10.3. The highest BCUT2D eigenvalue weighted by molar-refractivity contribution is 5.35. The molecule has 2 heteroatoms. The van der Waals surface area contributed by atoms with Crippen molar-refractivity contribution >= 4 is 0 Å². The third-order valence-electron chi connectivity index (χ3n) is 1.76. The number of benzene rings is 1. The zero-order chi connectivity index (χ0) is 12.0. The third-order valence-corrected chi connectivity index (χ3v) is 1.76. The molecule has 0 saturated heterocycles. The highest BCUT2D eigenvalue weighted by Crippen LogP contribution is 2.22. The Morgan fingerprint density at radius 3 is 1.75 bits per heavy atom. The zero-order valence-corrected chi connectivity index (χ0v) is 9.11. The van der Waals surface area contributed by atoms with E-state index in [1.54, 1.807) is 18.2 Å². The summed E-state index contributed by atoms with van der Waals surface area (Å²) in [5, 5.41) is 0. The summed E-state index contributed by atoms with van der Waals surface area (Å²) in [4.78, 5) is 0. The molecular formula is C14H14O2. The first-order valence-electron chi connectivity index (χ1n) is 4.74. The Bertz CT molecular complexity index is 393. The number of ether oxygens (including phenoxy) is 2. The van der Waals surface area contributed by atoms with Crippen molar-refractivity contribution in [2.75, 3.05) is 0 Å². The summed E-state index contributed by atoms with van der Waals surface area (Å²) in [6.45, 7) is 14.4. The Morgan fingerprint density at radius 2 is 1.38 bits per heavy atom. The molecule has 1 rings (SSSR count). The van der Waals surface area contributed by atoms with Gasteiger partial charge in [-0.05, 0) is 24.3 Å². The predicted molar refractivity (Wildman–Crippen MR) is 66.4 cm³/mol. The van der Waals surface area contributed by atoms with Crippen LogP contribution < -0.4 is 9.47 Å². The number of hydrogen-bond donors (Lipinski definition) is 0. The van der Waals surface area contributed by atoms with Gasteiger partial charge in [0.2, 0.25) is 0 Å². The van der Waals surface area contributed by atoms with E-state index < -0.39 is 0 Å². The lowest BCUT2D eigenvalue weighted by Crippen LogP contribution is -1.92. The van der Waals surface area contributed by atoms with Gasteiger partial charge in [-0.2, -0.15) is 0 Å². The molecule has 0 radical (unpaired) electrons. The largest absolute Gasteiger partial charge is 0.458 e. The van der Waals surface area contributed by atoms with Gasteiger partial charge in [0.05, 0.1) is 0 Å². The van der Waals surface area contributed by atoms with E-state index in [0.717, 1.165) is 0 Å². The fraction of sp³-hybridized carbons (Fsp3) is 0. The van der Waals surface area contributed by atoms with Crippen LogP contribution in [0.5, 0.6) is 11.5 Å². The zero-order valence-electron chi connectivity index (χ0n) is 9.11. The van der Waals surface area contributed by atoms with Crippen molar-refractivity contribution < 1.29 is 9.47 Å². The molecule has 16 heavy (non-hydrogen) atoms. The van der Waals surface area contributed by atoms with Crippen molar-refractivity contribution in [3.8, 4) is 11.5 Å². The quantitative estimate of drug-likeness (QED) is 0.529. The topological polar surface area (TPSA) is 18.5 Å². The summed E-state index contributed by atoms with van der Waals surface area (Å²) in [6.07, 6.45) is 3.08. The summed E-state index contributed by atoms with van der Waals surface area (Å²) >= 11 is 0. The number of allylic oxidation sites excluding steroid dienone is 2. The molecule has 0 aliphatic carbocycles. The summed E-state index contributed by atoms with van der Waals surface area (Å²) < 4.78 is 10.7. The lowest BCUT2D eigenvalue weighted by molar-refractivity contribution is 0.426. The molecule has 1 aromatic carbocycles. The van der Waals surface area contributed by atoms with E-state index in [1.165, 1.54) is 12.2 Å². The van der Waals surface area contributed by atoms with Gasteiger partial charge in [0.25, 0.3) is 0 Å². The van der Waals surface area contributed by atoms with E-state index in [9.17, 15) is 0 Å². The van der Waals surface area contributed by atoms with Crippen molar-refractivity contribution in [3.05, 3.63) is 74.3 Å². The van der Waals surface area contributed by atoms with E-state index in [1.807, 2.05) is 6.07 Å². The highest BCUT2D eigenvalue weighted by atomic mass is 16.5. The van der Waals surface area contributed by atoms with Gasteiger partial charge in [0.1, 0.15) is 23.0 Å². The van der Waals surface area contributed by atoms with Crippen LogP contribution in [0.4, 0.5) is 0 Å². The van der Waals surface area contributed by atoms with Gasteiger partial charge in [0.15, 0.2) is 0 Å². The minimum atomic E-state index is 0.486. The molecule has 2 nitrogen and oxygen atoms in total. The predicted octanol–water partition coefficient (Wildman–Crippen LogP) is 3.84. The first kappa shape index (κ1) is 11.9. The molecule has 0 fully saturated rings. The van der Waals surface area contributed by atoms with Crippen LogP contribution in [0.15, 0.2) is 74.3 Å². The number of rotatable bonds is 6. The standard InChI is InChI=1S/C14H14O2/c1-5-11(3)15-13-8-7-9-14(10-13)16-12(4)6-2/h5-10H,1-4H2. The van der Waals surface area contributed by atoms with E-state index in [-0.39, 0.29) is 0 Å². The highest BCUT2D eigenvalue weighted by Gasteiger charge is 1.99. The molecule has 0 N–H and O–H groups in total. The second-order valence-electron chi connectivity index (χ2n) is 3.02. The molecular weight excluding hydrogens is 200 g/mol. The van der Waals surface area contributed by atoms with Gasteiger partial charge in [-0.1, -0.05) is 32.4 Å². The summed E-state index contributed by atoms with van der Waals surface area (Å²) in [5.41, 5.74) is 0. The second-order valence-corrected chi connectivity index (χ2v) is 3.02. The molecule has 0 unspecified atom stereocenters. The molecule has 0 aromatic heterocycles. The fourth-order valence-electron chi connectivity index (χ4n) is 0.987. The molecule has 0 aliphatic heterocycles. The minimum Gasteiger partial charge on any atom is -0.458 e. The monoisotopic (exact) mass is 214 g/mol. The molecule has 1 aromatic rings. The fourth-order valence-corrected chi connectivity index (χ4v) is 0.987. The van der Waals surface area contributed by atoms with Crippen molar-refractivity contribution in [3.63, 3.8) is 0 Å². The van der Waals surface area contributed by atoms with Crippen LogP contribution in [0.1, 0.15) is 0 Å². The maximum absolute atomic E-state index is 5.37. The van der Waals surface area contributed by atoms with Crippen LogP contribution in [-0.4, -0.2) is 0 Å².